The number of aromatic nitrogens is 1. The predicted octanol–water partition coefficient (Wildman–Crippen LogP) is 3.43. The maximum atomic E-state index is 11.4. The van der Waals surface area contributed by atoms with Crippen LogP contribution >= 0.6 is 11.3 Å². The van der Waals surface area contributed by atoms with Crippen LogP contribution in [0, 0.1) is 20.8 Å². The summed E-state index contributed by atoms with van der Waals surface area (Å²) in [5, 5.41) is 0. The quantitative estimate of drug-likeness (QED) is 0.921. The Morgan fingerprint density at radius 2 is 1.94 bits per heavy atom. The molecule has 1 aromatic carbocycles. The molecule has 96 valence electrons. The average molecular weight is 263 g/mol. The van der Waals surface area contributed by atoms with Crippen molar-refractivity contribution in [2.45, 2.75) is 27.7 Å². The maximum absolute atomic E-state index is 11.4. The summed E-state index contributed by atoms with van der Waals surface area (Å²) in [6, 6.07) is 4.11. The van der Waals surface area contributed by atoms with Crippen LogP contribution in [-0.4, -0.2) is 11.6 Å². The number of hydrogen-bond acceptors (Lipinski definition) is 3. The van der Waals surface area contributed by atoms with Gasteiger partial charge in [-0.05, 0) is 51.0 Å². The minimum atomic E-state index is -0.00608. The lowest BCUT2D eigenvalue weighted by molar-refractivity contribution is 0.337. The van der Waals surface area contributed by atoms with Crippen LogP contribution in [0.2, 0.25) is 0 Å². The van der Waals surface area contributed by atoms with Gasteiger partial charge in [-0.2, -0.15) is 0 Å². The second-order valence-corrected chi connectivity index (χ2v) is 5.50. The van der Waals surface area contributed by atoms with Crippen molar-refractivity contribution in [1.29, 1.82) is 0 Å². The predicted molar refractivity (Wildman–Crippen MR) is 75.8 cm³/mol. The number of nitrogens with one attached hydrogen (secondary N) is 1. The largest absolute Gasteiger partial charge is 0.494 e. The Morgan fingerprint density at radius 3 is 2.50 bits per heavy atom. The lowest BCUT2D eigenvalue weighted by Crippen LogP contribution is -1.98. The molecule has 0 saturated carbocycles. The summed E-state index contributed by atoms with van der Waals surface area (Å²) >= 11 is 1.25. The van der Waals surface area contributed by atoms with Crippen molar-refractivity contribution in [1.82, 2.24) is 4.98 Å². The fourth-order valence-corrected chi connectivity index (χ4v) is 2.73. The Morgan fingerprint density at radius 1 is 1.22 bits per heavy atom. The van der Waals surface area contributed by atoms with E-state index in [2.05, 4.69) is 11.1 Å². The third-order valence-electron chi connectivity index (χ3n) is 2.92. The highest BCUT2D eigenvalue weighted by molar-refractivity contribution is 7.09. The van der Waals surface area contributed by atoms with Crippen LogP contribution in [0.5, 0.6) is 5.75 Å². The third-order valence-corrected chi connectivity index (χ3v) is 3.71. The van der Waals surface area contributed by atoms with E-state index >= 15 is 0 Å². The summed E-state index contributed by atoms with van der Waals surface area (Å²) in [7, 11) is 0. The molecule has 3 nitrogen and oxygen atoms in total. The molecule has 18 heavy (non-hydrogen) atoms. The monoisotopic (exact) mass is 263 g/mol. The van der Waals surface area contributed by atoms with Crippen LogP contribution < -0.4 is 9.61 Å². The van der Waals surface area contributed by atoms with Gasteiger partial charge in [0.05, 0.1) is 12.3 Å². The molecule has 0 fully saturated rings. The molecular weight excluding hydrogens is 246 g/mol. The smallest absolute Gasteiger partial charge is 0.305 e. The van der Waals surface area contributed by atoms with Crippen LogP contribution in [0.15, 0.2) is 16.9 Å². The van der Waals surface area contributed by atoms with E-state index < -0.39 is 0 Å². The van der Waals surface area contributed by atoms with Crippen molar-refractivity contribution < 1.29 is 4.74 Å². The molecule has 2 aromatic rings. The van der Waals surface area contributed by atoms with Gasteiger partial charge in [-0.1, -0.05) is 11.3 Å². The Kier molecular flexibility index (Phi) is 3.57. The first-order valence-corrected chi connectivity index (χ1v) is 6.78. The fourth-order valence-electron chi connectivity index (χ4n) is 2.03. The summed E-state index contributed by atoms with van der Waals surface area (Å²) in [5.41, 5.74) is 4.20. The molecule has 0 spiro atoms. The Labute approximate surface area is 110 Å². The van der Waals surface area contributed by atoms with Crippen LogP contribution in [-0.2, 0) is 0 Å². The molecular formula is C14H17NO2S. The molecule has 0 radical (unpaired) electrons. The van der Waals surface area contributed by atoms with E-state index in [-0.39, 0.29) is 4.87 Å². The van der Waals surface area contributed by atoms with E-state index in [1.807, 2.05) is 33.8 Å². The molecule has 1 heterocycles. The van der Waals surface area contributed by atoms with Gasteiger partial charge in [0.2, 0.25) is 0 Å². The summed E-state index contributed by atoms with van der Waals surface area (Å²) in [5.74, 6) is 0.911. The first-order valence-electron chi connectivity index (χ1n) is 5.97. The van der Waals surface area contributed by atoms with Crippen molar-refractivity contribution in [3.8, 4) is 17.0 Å². The molecule has 0 aliphatic rings. The number of aryl methyl sites for hydroxylation is 3. The second kappa shape index (κ2) is 4.98. The second-order valence-electron chi connectivity index (χ2n) is 4.31. The van der Waals surface area contributed by atoms with E-state index in [0.29, 0.717) is 6.61 Å². The number of ether oxygens (including phenoxy) is 1. The lowest BCUT2D eigenvalue weighted by Gasteiger charge is -2.12. The molecule has 0 amide bonds. The van der Waals surface area contributed by atoms with Crippen LogP contribution in [0.3, 0.4) is 0 Å². The molecule has 2 rings (SSSR count). The molecule has 0 aliphatic carbocycles. The lowest BCUT2D eigenvalue weighted by atomic mass is 10.0. The highest BCUT2D eigenvalue weighted by Crippen LogP contribution is 2.31. The van der Waals surface area contributed by atoms with Gasteiger partial charge in [-0.15, -0.1) is 0 Å². The van der Waals surface area contributed by atoms with E-state index in [1.54, 1.807) is 0 Å². The zero-order valence-electron chi connectivity index (χ0n) is 11.1. The number of thiazole rings is 1. The normalized spacial score (nSPS) is 10.7. The standard InChI is InChI=1S/C14H17NO2S/c1-5-17-12-7-8(2)11(6-9(12)3)13-10(4)18-14(16)15-13/h6-7H,5H2,1-4H3,(H,15,16). The van der Waals surface area contributed by atoms with Crippen molar-refractivity contribution in [2.75, 3.05) is 6.61 Å². The van der Waals surface area contributed by atoms with Crippen LogP contribution in [0.25, 0.3) is 11.3 Å². The Balaban J connectivity index is 2.56. The zero-order valence-corrected chi connectivity index (χ0v) is 11.9. The average Bonchev–Trinajstić information content (AvgIpc) is 2.63. The van der Waals surface area contributed by atoms with Crippen molar-refractivity contribution in [3.63, 3.8) is 0 Å². The number of benzene rings is 1. The van der Waals surface area contributed by atoms with Gasteiger partial charge in [-0.25, -0.2) is 0 Å². The molecule has 0 bridgehead atoms. The zero-order chi connectivity index (χ0) is 13.3. The molecule has 0 aliphatic heterocycles. The summed E-state index contributed by atoms with van der Waals surface area (Å²) in [6.45, 7) is 8.65. The maximum Gasteiger partial charge on any atom is 0.305 e. The van der Waals surface area contributed by atoms with E-state index in [4.69, 9.17) is 4.74 Å². The van der Waals surface area contributed by atoms with Crippen molar-refractivity contribution in [3.05, 3.63) is 37.8 Å². The summed E-state index contributed by atoms with van der Waals surface area (Å²) in [6.07, 6.45) is 0. The van der Waals surface area contributed by atoms with Gasteiger partial charge < -0.3 is 9.72 Å². The molecule has 0 unspecified atom stereocenters. The van der Waals surface area contributed by atoms with Gasteiger partial charge in [0.1, 0.15) is 5.75 Å². The van der Waals surface area contributed by atoms with E-state index in [1.165, 1.54) is 11.3 Å². The first-order chi connectivity index (χ1) is 8.52. The Hall–Kier alpha value is -1.55. The number of aromatic amines is 1. The molecule has 4 heteroatoms. The topological polar surface area (TPSA) is 42.1 Å². The van der Waals surface area contributed by atoms with Crippen LogP contribution in [0.1, 0.15) is 22.9 Å². The number of H-pyrrole nitrogens is 1. The summed E-state index contributed by atoms with van der Waals surface area (Å²) in [4.78, 5) is 15.3. The van der Waals surface area contributed by atoms with Gasteiger partial charge >= 0.3 is 4.87 Å². The first kappa shape index (κ1) is 12.9. The van der Waals surface area contributed by atoms with Gasteiger partial charge in [0.25, 0.3) is 0 Å². The highest BCUT2D eigenvalue weighted by atomic mass is 32.1. The van der Waals surface area contributed by atoms with Gasteiger partial charge in [-0.3, -0.25) is 4.79 Å². The van der Waals surface area contributed by atoms with E-state index in [9.17, 15) is 4.79 Å². The fraction of sp³-hybridized carbons (Fsp3) is 0.357. The minimum Gasteiger partial charge on any atom is -0.494 e. The summed E-state index contributed by atoms with van der Waals surface area (Å²) < 4.78 is 5.57. The van der Waals surface area contributed by atoms with Crippen LogP contribution in [0.4, 0.5) is 0 Å². The van der Waals surface area contributed by atoms with Crippen molar-refractivity contribution in [2.24, 2.45) is 0 Å². The minimum absolute atomic E-state index is 0.00608. The molecule has 0 atom stereocenters. The SMILES string of the molecule is CCOc1cc(C)c(-c2[nH]c(=O)sc2C)cc1C. The Bertz CT molecular complexity index is 625. The number of hydrogen-bond donors (Lipinski definition) is 1. The van der Waals surface area contributed by atoms with Crippen molar-refractivity contribution >= 4 is 11.3 Å². The van der Waals surface area contributed by atoms with Gasteiger partial charge in [0.15, 0.2) is 0 Å². The number of rotatable bonds is 3. The van der Waals surface area contributed by atoms with Gasteiger partial charge in [0, 0.05) is 10.4 Å². The molecule has 1 aromatic heterocycles. The highest BCUT2D eigenvalue weighted by Gasteiger charge is 2.11. The van der Waals surface area contributed by atoms with E-state index in [0.717, 1.165) is 33.0 Å². The third kappa shape index (κ3) is 2.34. The molecule has 0 saturated heterocycles. The molecule has 1 N–H and O–H groups in total.